The molecule has 0 saturated carbocycles. The Labute approximate surface area is 169 Å². The Balaban J connectivity index is 1.92. The van der Waals surface area contributed by atoms with E-state index in [2.05, 4.69) is 50.4 Å². The molecule has 0 aliphatic rings. The van der Waals surface area contributed by atoms with Crippen molar-refractivity contribution in [3.8, 4) is 10.6 Å². The maximum absolute atomic E-state index is 6.23. The van der Waals surface area contributed by atoms with E-state index < -0.39 is 0 Å². The van der Waals surface area contributed by atoms with E-state index in [4.69, 9.17) is 21.7 Å². The smallest absolute Gasteiger partial charge is 0.157 e. The van der Waals surface area contributed by atoms with Crippen LogP contribution in [0.15, 0.2) is 24.3 Å². The highest BCUT2D eigenvalue weighted by Crippen LogP contribution is 2.40. The van der Waals surface area contributed by atoms with Crippen LogP contribution in [-0.4, -0.2) is 14.6 Å². The number of hydrogen-bond acceptors (Lipinski definition) is 3. The number of fused-ring (bicyclic) bond motifs is 2. The minimum atomic E-state index is 0.775. The summed E-state index contributed by atoms with van der Waals surface area (Å²) in [5.74, 6) is 0. The Hall–Kier alpha value is -1.91. The molecule has 0 N–H and O–H groups in total. The molecule has 3 aromatic heterocycles. The Bertz CT molecular complexity index is 1140. The molecule has 0 atom stereocenters. The Morgan fingerprint density at radius 2 is 1.93 bits per heavy atom. The summed E-state index contributed by atoms with van der Waals surface area (Å²) in [4.78, 5) is 6.15. The van der Waals surface area contributed by atoms with Crippen molar-refractivity contribution in [2.24, 2.45) is 0 Å². The molecule has 3 nitrogen and oxygen atoms in total. The van der Waals surface area contributed by atoms with Gasteiger partial charge >= 0.3 is 0 Å². The predicted molar refractivity (Wildman–Crippen MR) is 116 cm³/mol. The summed E-state index contributed by atoms with van der Waals surface area (Å²) < 4.78 is 3.31. The maximum atomic E-state index is 6.23. The topological polar surface area (TPSA) is 30.2 Å². The molecule has 0 saturated heterocycles. The van der Waals surface area contributed by atoms with Crippen LogP contribution in [0.3, 0.4) is 0 Å². The lowest BCUT2D eigenvalue weighted by Crippen LogP contribution is -2.01. The van der Waals surface area contributed by atoms with Gasteiger partial charge in [0.25, 0.3) is 0 Å². The van der Waals surface area contributed by atoms with Gasteiger partial charge in [-0.05, 0) is 74.4 Å². The van der Waals surface area contributed by atoms with Crippen molar-refractivity contribution in [3.05, 3.63) is 51.8 Å². The van der Waals surface area contributed by atoms with Crippen molar-refractivity contribution < 1.29 is 0 Å². The molecule has 5 heteroatoms. The minimum absolute atomic E-state index is 0.775. The van der Waals surface area contributed by atoms with Crippen LogP contribution in [0.4, 0.5) is 0 Å². The zero-order valence-corrected chi connectivity index (χ0v) is 17.8. The highest BCUT2D eigenvalue weighted by atomic mass is 35.5. The molecule has 0 bridgehead atoms. The number of benzene rings is 1. The fourth-order valence-electron chi connectivity index (χ4n) is 3.76. The molecule has 0 unspecified atom stereocenters. The zero-order chi connectivity index (χ0) is 19.1. The van der Waals surface area contributed by atoms with Crippen molar-refractivity contribution in [2.45, 2.75) is 53.4 Å². The van der Waals surface area contributed by atoms with E-state index in [-0.39, 0.29) is 0 Å². The number of unbranched alkanes of at least 4 members (excludes halogenated alkanes) is 2. The quantitative estimate of drug-likeness (QED) is 0.342. The molecule has 0 aliphatic heterocycles. The highest BCUT2D eigenvalue weighted by Gasteiger charge is 2.20. The van der Waals surface area contributed by atoms with E-state index in [0.717, 1.165) is 34.2 Å². The summed E-state index contributed by atoms with van der Waals surface area (Å²) in [6, 6.07) is 8.31. The van der Waals surface area contributed by atoms with Crippen molar-refractivity contribution in [3.63, 3.8) is 0 Å². The third kappa shape index (κ3) is 3.26. The van der Waals surface area contributed by atoms with Gasteiger partial charge in [0, 0.05) is 9.72 Å². The molecular weight excluding hydrogens is 374 g/mol. The van der Waals surface area contributed by atoms with Crippen LogP contribution in [0.5, 0.6) is 0 Å². The summed E-state index contributed by atoms with van der Waals surface area (Å²) in [6.45, 7) is 8.56. The van der Waals surface area contributed by atoms with Crippen molar-refractivity contribution in [1.82, 2.24) is 14.6 Å². The summed E-state index contributed by atoms with van der Waals surface area (Å²) in [7, 11) is 0. The first kappa shape index (κ1) is 18.5. The number of hydrogen-bond donors (Lipinski definition) is 0. The second-order valence-electron chi connectivity index (χ2n) is 7.25. The first-order chi connectivity index (χ1) is 13.0. The van der Waals surface area contributed by atoms with Gasteiger partial charge in [-0.3, -0.25) is 0 Å². The number of thiophene rings is 1. The van der Waals surface area contributed by atoms with E-state index in [0.29, 0.717) is 0 Å². The van der Waals surface area contributed by atoms with Crippen LogP contribution in [0, 0.1) is 20.8 Å². The van der Waals surface area contributed by atoms with Gasteiger partial charge in [0.1, 0.15) is 5.69 Å². The van der Waals surface area contributed by atoms with Gasteiger partial charge in [0.05, 0.1) is 16.3 Å². The number of aromatic nitrogens is 3. The summed E-state index contributed by atoms with van der Waals surface area (Å²) in [6.07, 6.45) is 4.72. The van der Waals surface area contributed by atoms with Gasteiger partial charge in [-0.25, -0.2) is 9.50 Å². The number of aryl methyl sites for hydroxylation is 4. The largest absolute Gasteiger partial charge is 0.231 e. The molecule has 3 heterocycles. The van der Waals surface area contributed by atoms with Gasteiger partial charge < -0.3 is 0 Å². The molecule has 140 valence electrons. The van der Waals surface area contributed by atoms with Crippen LogP contribution in [-0.2, 0) is 6.42 Å². The van der Waals surface area contributed by atoms with Crippen molar-refractivity contribution in [2.75, 3.05) is 0 Å². The molecule has 1 aromatic carbocycles. The number of rotatable bonds is 5. The number of halogens is 1. The summed E-state index contributed by atoms with van der Waals surface area (Å²) in [5, 5.41) is 6.82. The SMILES string of the molecule is CCCCCc1cc(C)nn2c(-c3sc4ccc(Cl)cc4c3C)c(C)nc12. The Kier molecular flexibility index (Phi) is 4.95. The van der Waals surface area contributed by atoms with Gasteiger partial charge in [-0.1, -0.05) is 31.4 Å². The Morgan fingerprint density at radius 1 is 1.11 bits per heavy atom. The van der Waals surface area contributed by atoms with E-state index in [1.807, 2.05) is 6.07 Å². The first-order valence-corrected chi connectivity index (χ1v) is 10.7. The van der Waals surface area contributed by atoms with Crippen LogP contribution in [0.2, 0.25) is 5.02 Å². The zero-order valence-electron chi connectivity index (χ0n) is 16.3. The molecule has 4 aromatic rings. The van der Waals surface area contributed by atoms with Crippen molar-refractivity contribution >= 4 is 38.7 Å². The second kappa shape index (κ2) is 7.25. The average Bonchev–Trinajstić information content (AvgIpc) is 3.12. The number of nitrogens with zero attached hydrogens (tertiary/aromatic N) is 3. The molecule has 0 aliphatic carbocycles. The summed E-state index contributed by atoms with van der Waals surface area (Å²) in [5.41, 5.74) is 6.73. The molecule has 4 rings (SSSR count). The van der Waals surface area contributed by atoms with Crippen molar-refractivity contribution in [1.29, 1.82) is 0 Å². The number of imidazole rings is 1. The lowest BCUT2D eigenvalue weighted by molar-refractivity contribution is 0.714. The highest BCUT2D eigenvalue weighted by molar-refractivity contribution is 7.22. The van der Waals surface area contributed by atoms with E-state index in [1.54, 1.807) is 11.3 Å². The van der Waals surface area contributed by atoms with Crippen LogP contribution >= 0.6 is 22.9 Å². The molecule has 27 heavy (non-hydrogen) atoms. The minimum Gasteiger partial charge on any atom is -0.231 e. The monoisotopic (exact) mass is 397 g/mol. The Morgan fingerprint density at radius 3 is 2.70 bits per heavy atom. The van der Waals surface area contributed by atoms with Crippen LogP contribution in [0.25, 0.3) is 26.3 Å². The van der Waals surface area contributed by atoms with Gasteiger partial charge in [0.2, 0.25) is 0 Å². The maximum Gasteiger partial charge on any atom is 0.157 e. The van der Waals surface area contributed by atoms with Gasteiger partial charge in [0.15, 0.2) is 5.65 Å². The third-order valence-corrected chi connectivity index (χ3v) is 6.63. The molecule has 0 fully saturated rings. The summed E-state index contributed by atoms with van der Waals surface area (Å²) >= 11 is 8.02. The second-order valence-corrected chi connectivity index (χ2v) is 8.73. The molecule has 0 amide bonds. The molecular formula is C22H24ClN3S. The van der Waals surface area contributed by atoms with Gasteiger partial charge in [-0.2, -0.15) is 5.10 Å². The molecule has 0 radical (unpaired) electrons. The van der Waals surface area contributed by atoms with Crippen LogP contribution in [0.1, 0.15) is 48.7 Å². The third-order valence-electron chi connectivity index (χ3n) is 5.12. The van der Waals surface area contributed by atoms with E-state index >= 15 is 0 Å². The normalized spacial score (nSPS) is 11.7. The lowest BCUT2D eigenvalue weighted by atomic mass is 10.1. The van der Waals surface area contributed by atoms with E-state index in [9.17, 15) is 0 Å². The lowest BCUT2D eigenvalue weighted by Gasteiger charge is -2.07. The van der Waals surface area contributed by atoms with E-state index in [1.165, 1.54) is 45.4 Å². The fraction of sp³-hybridized carbons (Fsp3) is 0.364. The predicted octanol–water partition coefficient (Wildman–Crippen LogP) is 6.92. The fourth-order valence-corrected chi connectivity index (χ4v) is 5.20. The first-order valence-electron chi connectivity index (χ1n) is 9.54. The average molecular weight is 398 g/mol. The van der Waals surface area contributed by atoms with Gasteiger partial charge in [-0.15, -0.1) is 11.3 Å². The standard InChI is InChI=1S/C22H24ClN3S/c1-5-6-7-8-16-11-13(2)25-26-20(15(4)24-22(16)26)21-14(3)18-12-17(23)9-10-19(18)27-21/h9-12H,5-8H2,1-4H3. The molecule has 0 spiro atoms. The van der Waals surface area contributed by atoms with Crippen LogP contribution < -0.4 is 0 Å².